The molecule has 2 aromatic rings. The first-order chi connectivity index (χ1) is 7.60. The molecule has 0 radical (unpaired) electrons. The molecule has 4 heteroatoms. The van der Waals surface area contributed by atoms with E-state index in [1.54, 1.807) is 10.7 Å². The molecule has 0 unspecified atom stereocenters. The summed E-state index contributed by atoms with van der Waals surface area (Å²) in [5, 5.41) is 4.13. The summed E-state index contributed by atoms with van der Waals surface area (Å²) in [6, 6.07) is 3.84. The van der Waals surface area contributed by atoms with Crippen LogP contribution >= 0.6 is 0 Å². The number of hydrogen-bond acceptors (Lipinski definition) is 3. The highest BCUT2D eigenvalue weighted by atomic mass is 15.3. The Morgan fingerprint density at radius 2 is 2.25 bits per heavy atom. The van der Waals surface area contributed by atoms with E-state index in [0.29, 0.717) is 17.2 Å². The van der Waals surface area contributed by atoms with Crippen molar-refractivity contribution in [1.82, 2.24) is 14.6 Å². The van der Waals surface area contributed by atoms with Gasteiger partial charge in [-0.05, 0) is 18.3 Å². The van der Waals surface area contributed by atoms with Gasteiger partial charge in [0.1, 0.15) is 5.82 Å². The lowest BCUT2D eigenvalue weighted by atomic mass is 9.89. The Labute approximate surface area is 94.5 Å². The number of fused-ring (bicyclic) bond motifs is 1. The van der Waals surface area contributed by atoms with Crippen LogP contribution in [0.5, 0.6) is 0 Å². The third kappa shape index (κ3) is 1.29. The van der Waals surface area contributed by atoms with Crippen LogP contribution < -0.4 is 5.73 Å². The molecule has 0 aliphatic heterocycles. The zero-order chi connectivity index (χ0) is 11.3. The van der Waals surface area contributed by atoms with Crippen LogP contribution in [0.4, 0.5) is 5.82 Å². The van der Waals surface area contributed by atoms with E-state index >= 15 is 0 Å². The summed E-state index contributed by atoms with van der Waals surface area (Å²) in [6.45, 7) is 4.55. The van der Waals surface area contributed by atoms with E-state index in [0.717, 1.165) is 11.3 Å². The SMILES string of the molecule is C[C@H](c1cc(N)n2nccc2n1)C1(C)CC1. The first-order valence-corrected chi connectivity index (χ1v) is 5.70. The molecule has 0 bridgehead atoms. The topological polar surface area (TPSA) is 56.2 Å². The van der Waals surface area contributed by atoms with Crippen molar-refractivity contribution in [1.29, 1.82) is 0 Å². The van der Waals surface area contributed by atoms with Crippen molar-refractivity contribution < 1.29 is 0 Å². The van der Waals surface area contributed by atoms with E-state index in [-0.39, 0.29) is 0 Å². The largest absolute Gasteiger partial charge is 0.384 e. The second-order valence-corrected chi connectivity index (χ2v) is 5.08. The Balaban J connectivity index is 2.10. The number of nitrogen functional groups attached to an aromatic ring is 1. The highest BCUT2D eigenvalue weighted by Crippen LogP contribution is 2.55. The Bertz CT molecular complexity index is 539. The number of aromatic nitrogens is 3. The van der Waals surface area contributed by atoms with Crippen molar-refractivity contribution in [2.24, 2.45) is 5.41 Å². The van der Waals surface area contributed by atoms with Gasteiger partial charge >= 0.3 is 0 Å². The van der Waals surface area contributed by atoms with Crippen molar-refractivity contribution in [3.8, 4) is 0 Å². The van der Waals surface area contributed by atoms with Crippen molar-refractivity contribution >= 4 is 11.5 Å². The van der Waals surface area contributed by atoms with Crippen LogP contribution in [0.15, 0.2) is 18.3 Å². The van der Waals surface area contributed by atoms with Crippen LogP contribution in [0.1, 0.15) is 38.3 Å². The lowest BCUT2D eigenvalue weighted by Crippen LogP contribution is -2.11. The minimum atomic E-state index is 0.428. The summed E-state index contributed by atoms with van der Waals surface area (Å²) >= 11 is 0. The number of nitrogens with two attached hydrogens (primary N) is 1. The maximum atomic E-state index is 5.96. The first kappa shape index (κ1) is 9.63. The van der Waals surface area contributed by atoms with Crippen molar-refractivity contribution in [2.75, 3.05) is 5.73 Å². The van der Waals surface area contributed by atoms with E-state index in [1.165, 1.54) is 12.8 Å². The number of nitrogens with zero attached hydrogens (tertiary/aromatic N) is 3. The summed E-state index contributed by atoms with van der Waals surface area (Å²) in [5.74, 6) is 1.14. The van der Waals surface area contributed by atoms with Crippen LogP contribution in [0.3, 0.4) is 0 Å². The maximum absolute atomic E-state index is 5.96. The maximum Gasteiger partial charge on any atom is 0.157 e. The fraction of sp³-hybridized carbons (Fsp3) is 0.500. The monoisotopic (exact) mass is 216 g/mol. The molecule has 4 nitrogen and oxygen atoms in total. The molecule has 16 heavy (non-hydrogen) atoms. The lowest BCUT2D eigenvalue weighted by molar-refractivity contribution is 0.460. The fourth-order valence-electron chi connectivity index (χ4n) is 2.17. The molecule has 0 amide bonds. The van der Waals surface area contributed by atoms with Gasteiger partial charge in [0.2, 0.25) is 0 Å². The average molecular weight is 216 g/mol. The van der Waals surface area contributed by atoms with Crippen LogP contribution in [0.25, 0.3) is 5.65 Å². The predicted octanol–water partition coefficient (Wildman–Crippen LogP) is 2.22. The van der Waals surface area contributed by atoms with Gasteiger partial charge in [-0.1, -0.05) is 13.8 Å². The molecule has 1 aliphatic carbocycles. The van der Waals surface area contributed by atoms with Crippen LogP contribution in [-0.4, -0.2) is 14.6 Å². The van der Waals surface area contributed by atoms with E-state index in [2.05, 4.69) is 23.9 Å². The van der Waals surface area contributed by atoms with Gasteiger partial charge in [0.05, 0.1) is 6.20 Å². The van der Waals surface area contributed by atoms with Gasteiger partial charge in [-0.2, -0.15) is 9.61 Å². The summed E-state index contributed by atoms with van der Waals surface area (Å²) in [6.07, 6.45) is 4.31. The van der Waals surface area contributed by atoms with Crippen LogP contribution in [0, 0.1) is 5.41 Å². The van der Waals surface area contributed by atoms with E-state index in [4.69, 9.17) is 5.73 Å². The van der Waals surface area contributed by atoms with E-state index in [1.807, 2.05) is 12.1 Å². The van der Waals surface area contributed by atoms with Crippen LogP contribution in [0.2, 0.25) is 0 Å². The molecule has 2 heterocycles. The molecule has 1 saturated carbocycles. The Morgan fingerprint density at radius 1 is 1.50 bits per heavy atom. The quantitative estimate of drug-likeness (QED) is 0.837. The summed E-state index contributed by atoms with van der Waals surface area (Å²) in [7, 11) is 0. The van der Waals surface area contributed by atoms with Crippen LogP contribution in [-0.2, 0) is 0 Å². The minimum Gasteiger partial charge on any atom is -0.384 e. The second kappa shape index (κ2) is 2.97. The van der Waals surface area contributed by atoms with Gasteiger partial charge in [-0.3, -0.25) is 0 Å². The summed E-state index contributed by atoms with van der Waals surface area (Å²) < 4.78 is 1.67. The third-order valence-corrected chi connectivity index (χ3v) is 3.93. The molecular formula is C12H16N4. The smallest absolute Gasteiger partial charge is 0.157 e. The molecule has 2 N–H and O–H groups in total. The van der Waals surface area contributed by atoms with Crippen molar-refractivity contribution in [3.05, 3.63) is 24.0 Å². The number of rotatable bonds is 2. The highest BCUT2D eigenvalue weighted by molar-refractivity contribution is 5.47. The molecule has 0 saturated heterocycles. The Hall–Kier alpha value is -1.58. The van der Waals surface area contributed by atoms with Gasteiger partial charge in [0.15, 0.2) is 5.65 Å². The molecule has 3 rings (SSSR count). The molecule has 1 aliphatic rings. The molecular weight excluding hydrogens is 200 g/mol. The van der Waals surface area contributed by atoms with Gasteiger partial charge in [-0.15, -0.1) is 0 Å². The lowest BCUT2D eigenvalue weighted by Gasteiger charge is -2.18. The zero-order valence-corrected chi connectivity index (χ0v) is 9.64. The molecule has 1 fully saturated rings. The molecule has 84 valence electrons. The highest BCUT2D eigenvalue weighted by Gasteiger charge is 2.43. The fourth-order valence-corrected chi connectivity index (χ4v) is 2.17. The van der Waals surface area contributed by atoms with Gasteiger partial charge in [-0.25, -0.2) is 4.98 Å². The predicted molar refractivity (Wildman–Crippen MR) is 63.2 cm³/mol. The van der Waals surface area contributed by atoms with Crippen molar-refractivity contribution in [2.45, 2.75) is 32.6 Å². The van der Waals surface area contributed by atoms with Gasteiger partial charge in [0.25, 0.3) is 0 Å². The van der Waals surface area contributed by atoms with Gasteiger partial charge in [0, 0.05) is 23.7 Å². The standard InChI is InChI=1S/C12H16N4/c1-8(12(2)4-5-12)9-7-10(13)16-11(15-9)3-6-14-16/h3,6-8H,4-5,13H2,1-2H3/t8-/m1/s1. The van der Waals surface area contributed by atoms with E-state index < -0.39 is 0 Å². The number of hydrogen-bond donors (Lipinski definition) is 1. The third-order valence-electron chi connectivity index (χ3n) is 3.93. The zero-order valence-electron chi connectivity index (χ0n) is 9.64. The molecule has 1 atom stereocenters. The Morgan fingerprint density at radius 3 is 2.94 bits per heavy atom. The summed E-state index contributed by atoms with van der Waals surface area (Å²) in [5.41, 5.74) is 8.32. The number of anilines is 1. The average Bonchev–Trinajstić information content (AvgIpc) is 2.82. The normalized spacial score (nSPS) is 19.9. The second-order valence-electron chi connectivity index (χ2n) is 5.08. The first-order valence-electron chi connectivity index (χ1n) is 5.70. The molecule has 2 aromatic heterocycles. The minimum absolute atomic E-state index is 0.428. The molecule has 0 spiro atoms. The van der Waals surface area contributed by atoms with E-state index in [9.17, 15) is 0 Å². The molecule has 0 aromatic carbocycles. The summed E-state index contributed by atoms with van der Waals surface area (Å²) in [4.78, 5) is 4.62. The van der Waals surface area contributed by atoms with Gasteiger partial charge < -0.3 is 5.73 Å². The Kier molecular flexibility index (Phi) is 1.79. The van der Waals surface area contributed by atoms with Crippen molar-refractivity contribution in [3.63, 3.8) is 0 Å².